The van der Waals surface area contributed by atoms with E-state index < -0.39 is 0 Å². The molecule has 2 rings (SSSR count). The van der Waals surface area contributed by atoms with Gasteiger partial charge in [0.1, 0.15) is 10.9 Å². The fourth-order valence-corrected chi connectivity index (χ4v) is 3.39. The van der Waals surface area contributed by atoms with Gasteiger partial charge in [0.25, 0.3) is 0 Å². The van der Waals surface area contributed by atoms with Gasteiger partial charge in [-0.3, -0.25) is 0 Å². The topological polar surface area (TPSA) is 49.8 Å². The number of aryl methyl sites for hydroxylation is 1. The highest BCUT2D eigenvalue weighted by molar-refractivity contribution is 8.00. The van der Waals surface area contributed by atoms with E-state index in [-0.39, 0.29) is 0 Å². The number of hydrogen-bond donors (Lipinski definition) is 0. The minimum atomic E-state index is 0.744. The summed E-state index contributed by atoms with van der Waals surface area (Å²) in [4.78, 5) is 0.744. The summed E-state index contributed by atoms with van der Waals surface area (Å²) in [6.45, 7) is 3.83. The molecule has 2 aromatic heterocycles. The van der Waals surface area contributed by atoms with Crippen molar-refractivity contribution in [3.63, 3.8) is 0 Å². The number of hydrogen-bond acceptors (Lipinski definition) is 5. The van der Waals surface area contributed by atoms with Gasteiger partial charge in [-0.1, -0.05) is 5.16 Å². The lowest BCUT2D eigenvalue weighted by molar-refractivity contribution is 0.426. The fraction of sp³-hybridized carbons (Fsp3) is 0.273. The highest BCUT2D eigenvalue weighted by Gasteiger charge is 2.19. The van der Waals surface area contributed by atoms with Crippen LogP contribution in [-0.2, 0) is 0 Å². The summed E-state index contributed by atoms with van der Waals surface area (Å²) in [5.41, 5.74) is 2.84. The zero-order chi connectivity index (χ0) is 11.7. The van der Waals surface area contributed by atoms with Crippen LogP contribution in [0.3, 0.4) is 0 Å². The van der Waals surface area contributed by atoms with Crippen molar-refractivity contribution < 1.29 is 4.52 Å². The smallest absolute Gasteiger partial charge is 0.169 e. The second-order valence-corrected chi connectivity index (χ2v) is 5.46. The second-order valence-electron chi connectivity index (χ2n) is 3.37. The van der Waals surface area contributed by atoms with Gasteiger partial charge in [-0.25, -0.2) is 0 Å². The van der Waals surface area contributed by atoms with Crippen LogP contribution in [0.5, 0.6) is 0 Å². The number of nitriles is 1. The van der Waals surface area contributed by atoms with Gasteiger partial charge < -0.3 is 4.52 Å². The Hall–Kier alpha value is -1.25. The molecule has 0 aromatic carbocycles. The van der Waals surface area contributed by atoms with E-state index in [2.05, 4.69) is 11.2 Å². The molecule has 0 N–H and O–H groups in total. The van der Waals surface area contributed by atoms with Crippen molar-refractivity contribution >= 4 is 23.1 Å². The molecule has 0 amide bonds. The third-order valence-corrected chi connectivity index (χ3v) is 4.59. The van der Waals surface area contributed by atoms with E-state index in [0.29, 0.717) is 0 Å². The number of thiophene rings is 1. The van der Waals surface area contributed by atoms with Crippen LogP contribution in [0.2, 0.25) is 0 Å². The lowest BCUT2D eigenvalue weighted by atomic mass is 10.1. The third-order valence-electron chi connectivity index (χ3n) is 2.28. The third kappa shape index (κ3) is 1.75. The quantitative estimate of drug-likeness (QED) is 0.764. The number of aromatic nitrogens is 1. The van der Waals surface area contributed by atoms with Crippen molar-refractivity contribution in [2.24, 2.45) is 0 Å². The van der Waals surface area contributed by atoms with E-state index in [1.807, 2.05) is 26.2 Å². The SMILES string of the molecule is CSc1sc(C#N)c(C)c1-c1cc(C)no1. The predicted octanol–water partition coefficient (Wildman–Crippen LogP) is 3.61. The molecule has 2 heterocycles. The van der Waals surface area contributed by atoms with Crippen molar-refractivity contribution in [1.82, 2.24) is 5.16 Å². The molecule has 0 fully saturated rings. The zero-order valence-electron chi connectivity index (χ0n) is 9.20. The van der Waals surface area contributed by atoms with Gasteiger partial charge in [-0.15, -0.1) is 23.1 Å². The van der Waals surface area contributed by atoms with Crippen molar-refractivity contribution in [2.45, 2.75) is 18.1 Å². The van der Waals surface area contributed by atoms with E-state index in [9.17, 15) is 0 Å². The molecule has 0 aliphatic rings. The molecule has 0 saturated carbocycles. The Morgan fingerprint density at radius 2 is 2.25 bits per heavy atom. The van der Waals surface area contributed by atoms with Crippen molar-refractivity contribution in [1.29, 1.82) is 5.26 Å². The Morgan fingerprint density at radius 3 is 2.75 bits per heavy atom. The maximum Gasteiger partial charge on any atom is 0.169 e. The van der Waals surface area contributed by atoms with E-state index in [1.54, 1.807) is 11.8 Å². The van der Waals surface area contributed by atoms with Gasteiger partial charge in [0.05, 0.1) is 9.90 Å². The monoisotopic (exact) mass is 250 g/mol. The van der Waals surface area contributed by atoms with Crippen molar-refractivity contribution in [3.8, 4) is 17.4 Å². The summed E-state index contributed by atoms with van der Waals surface area (Å²) in [7, 11) is 0. The van der Waals surface area contributed by atoms with Crippen LogP contribution in [0.15, 0.2) is 14.8 Å². The Bertz CT molecular complexity index is 563. The van der Waals surface area contributed by atoms with Crippen LogP contribution < -0.4 is 0 Å². The molecule has 16 heavy (non-hydrogen) atoms. The summed E-state index contributed by atoms with van der Waals surface area (Å²) < 4.78 is 6.37. The van der Waals surface area contributed by atoms with Gasteiger partial charge in [0.2, 0.25) is 0 Å². The average molecular weight is 250 g/mol. The van der Waals surface area contributed by atoms with Crippen LogP contribution in [-0.4, -0.2) is 11.4 Å². The van der Waals surface area contributed by atoms with E-state index in [0.717, 1.165) is 31.7 Å². The predicted molar refractivity (Wildman–Crippen MR) is 65.8 cm³/mol. The Balaban J connectivity index is 2.64. The minimum Gasteiger partial charge on any atom is -0.356 e. The Kier molecular flexibility index (Phi) is 3.03. The molecule has 0 aliphatic carbocycles. The molecule has 2 aromatic rings. The lowest BCUT2D eigenvalue weighted by Crippen LogP contribution is -1.78. The first-order valence-electron chi connectivity index (χ1n) is 4.68. The van der Waals surface area contributed by atoms with E-state index in [1.165, 1.54) is 11.3 Å². The highest BCUT2D eigenvalue weighted by atomic mass is 32.2. The molecule has 0 aliphatic heterocycles. The van der Waals surface area contributed by atoms with Crippen LogP contribution >= 0.6 is 23.1 Å². The summed E-state index contributed by atoms with van der Waals surface area (Å²) in [5.74, 6) is 0.747. The first kappa shape index (κ1) is 11.2. The molecule has 0 radical (unpaired) electrons. The molecular weight excluding hydrogens is 240 g/mol. The standard InChI is InChI=1S/C11H10N2OS2/c1-6-4-8(14-13-6)10-7(2)9(5-12)16-11(10)15-3/h4H,1-3H3. The number of nitrogens with zero attached hydrogens (tertiary/aromatic N) is 2. The molecule has 0 unspecified atom stereocenters. The Morgan fingerprint density at radius 1 is 1.50 bits per heavy atom. The normalized spacial score (nSPS) is 10.4. The second kappa shape index (κ2) is 4.32. The largest absolute Gasteiger partial charge is 0.356 e. The molecule has 0 bridgehead atoms. The highest BCUT2D eigenvalue weighted by Crippen LogP contribution is 2.41. The lowest BCUT2D eigenvalue weighted by Gasteiger charge is -1.97. The van der Waals surface area contributed by atoms with Crippen LogP contribution in [0.1, 0.15) is 16.1 Å². The molecule has 82 valence electrons. The van der Waals surface area contributed by atoms with Crippen LogP contribution in [0, 0.1) is 25.2 Å². The summed E-state index contributed by atoms with van der Waals surface area (Å²) in [6, 6.07) is 4.11. The zero-order valence-corrected chi connectivity index (χ0v) is 10.8. The van der Waals surface area contributed by atoms with Crippen molar-refractivity contribution in [2.75, 3.05) is 6.26 Å². The van der Waals surface area contributed by atoms with Gasteiger partial charge in [-0.05, 0) is 25.7 Å². The van der Waals surface area contributed by atoms with Crippen molar-refractivity contribution in [3.05, 3.63) is 22.2 Å². The van der Waals surface area contributed by atoms with Gasteiger partial charge in [0, 0.05) is 11.6 Å². The van der Waals surface area contributed by atoms with Crippen LogP contribution in [0.4, 0.5) is 0 Å². The van der Waals surface area contributed by atoms with Gasteiger partial charge >= 0.3 is 0 Å². The molecule has 3 nitrogen and oxygen atoms in total. The first-order valence-corrected chi connectivity index (χ1v) is 6.72. The summed E-state index contributed by atoms with van der Waals surface area (Å²) in [6.07, 6.45) is 2.00. The molecule has 5 heteroatoms. The average Bonchev–Trinajstić information content (AvgIpc) is 2.82. The first-order chi connectivity index (χ1) is 7.67. The van der Waals surface area contributed by atoms with E-state index >= 15 is 0 Å². The minimum absolute atomic E-state index is 0.744. The van der Waals surface area contributed by atoms with E-state index in [4.69, 9.17) is 9.78 Å². The summed E-state index contributed by atoms with van der Waals surface area (Å²) >= 11 is 3.13. The number of rotatable bonds is 2. The maximum absolute atomic E-state index is 9.01. The molecule has 0 saturated heterocycles. The molecular formula is C11H10N2OS2. The maximum atomic E-state index is 9.01. The Labute approximate surface area is 102 Å². The van der Waals surface area contributed by atoms with Gasteiger partial charge in [-0.2, -0.15) is 5.26 Å². The summed E-state index contributed by atoms with van der Waals surface area (Å²) in [5, 5.41) is 12.9. The molecule has 0 spiro atoms. The van der Waals surface area contributed by atoms with Gasteiger partial charge in [0.15, 0.2) is 5.76 Å². The van der Waals surface area contributed by atoms with Crippen LogP contribution in [0.25, 0.3) is 11.3 Å². The fourth-order valence-electron chi connectivity index (χ4n) is 1.50. The number of thioether (sulfide) groups is 1. The molecule has 0 atom stereocenters.